The molecule has 1 N–H and O–H groups in total. The summed E-state index contributed by atoms with van der Waals surface area (Å²) < 4.78 is 0. The van der Waals surface area contributed by atoms with Crippen LogP contribution in [0.5, 0.6) is 0 Å². The first kappa shape index (κ1) is 11.3. The van der Waals surface area contributed by atoms with Crippen LogP contribution in [0, 0.1) is 10.1 Å². The quantitative estimate of drug-likeness (QED) is 0.657. The summed E-state index contributed by atoms with van der Waals surface area (Å²) in [4.78, 5) is 24.0. The Morgan fingerprint density at radius 1 is 1.24 bits per heavy atom. The highest BCUT2D eigenvalue weighted by molar-refractivity contribution is 6.30. The van der Waals surface area contributed by atoms with Crippen molar-refractivity contribution in [2.75, 3.05) is 0 Å². The molecule has 0 saturated heterocycles. The van der Waals surface area contributed by atoms with Crippen LogP contribution in [0.25, 0.3) is 11.1 Å². The summed E-state index contributed by atoms with van der Waals surface area (Å²) in [6.07, 6.45) is 1.39. The summed E-state index contributed by atoms with van der Waals surface area (Å²) >= 11 is 5.77. The van der Waals surface area contributed by atoms with Gasteiger partial charge in [0.1, 0.15) is 0 Å². The van der Waals surface area contributed by atoms with Crippen LogP contribution in [0.4, 0.5) is 5.69 Å². The van der Waals surface area contributed by atoms with Crippen LogP contribution in [0.3, 0.4) is 0 Å². The first-order chi connectivity index (χ1) is 8.08. The van der Waals surface area contributed by atoms with E-state index in [0.29, 0.717) is 16.1 Å². The molecule has 0 atom stereocenters. The van der Waals surface area contributed by atoms with Gasteiger partial charge < -0.3 is 4.98 Å². The molecule has 0 radical (unpaired) electrons. The summed E-state index contributed by atoms with van der Waals surface area (Å²) in [7, 11) is 0. The molecule has 5 nitrogen and oxygen atoms in total. The summed E-state index contributed by atoms with van der Waals surface area (Å²) in [6, 6.07) is 7.23. The highest BCUT2D eigenvalue weighted by Crippen LogP contribution is 2.21. The van der Waals surface area contributed by atoms with Crippen LogP contribution >= 0.6 is 11.6 Å². The van der Waals surface area contributed by atoms with Crippen molar-refractivity contribution in [3.63, 3.8) is 0 Å². The zero-order valence-electron chi connectivity index (χ0n) is 8.51. The lowest BCUT2D eigenvalue weighted by molar-refractivity contribution is -0.384. The first-order valence-corrected chi connectivity index (χ1v) is 5.09. The number of rotatable bonds is 2. The van der Waals surface area contributed by atoms with Crippen LogP contribution < -0.4 is 5.56 Å². The molecule has 0 amide bonds. The normalized spacial score (nSPS) is 10.2. The molecule has 1 heterocycles. The van der Waals surface area contributed by atoms with Gasteiger partial charge in [-0.05, 0) is 23.8 Å². The number of nitro groups is 1. The fourth-order valence-electron chi connectivity index (χ4n) is 1.43. The van der Waals surface area contributed by atoms with E-state index < -0.39 is 4.92 Å². The minimum Gasteiger partial charge on any atom is -0.327 e. The van der Waals surface area contributed by atoms with Crippen molar-refractivity contribution in [1.29, 1.82) is 0 Å². The molecule has 86 valence electrons. The van der Waals surface area contributed by atoms with Crippen molar-refractivity contribution < 1.29 is 4.92 Å². The van der Waals surface area contributed by atoms with Crippen molar-refractivity contribution in [3.8, 4) is 11.1 Å². The van der Waals surface area contributed by atoms with Gasteiger partial charge in [0, 0.05) is 23.9 Å². The highest BCUT2D eigenvalue weighted by Gasteiger charge is 2.07. The number of benzene rings is 1. The lowest BCUT2D eigenvalue weighted by Gasteiger charge is -2.00. The second kappa shape index (κ2) is 4.39. The zero-order chi connectivity index (χ0) is 12.4. The molecule has 1 aromatic heterocycles. The smallest absolute Gasteiger partial charge is 0.269 e. The van der Waals surface area contributed by atoms with Crippen LogP contribution in [-0.2, 0) is 0 Å². The number of aromatic amines is 1. The number of nitrogens with zero attached hydrogens (tertiary/aromatic N) is 1. The number of H-pyrrole nitrogens is 1. The summed E-state index contributed by atoms with van der Waals surface area (Å²) in [5, 5.41) is 10.9. The number of hydrogen-bond donors (Lipinski definition) is 1. The maximum atomic E-state index is 11.5. The molecule has 0 aliphatic carbocycles. The van der Waals surface area contributed by atoms with Gasteiger partial charge in [-0.3, -0.25) is 14.9 Å². The second-order valence-electron chi connectivity index (χ2n) is 3.36. The number of pyridine rings is 1. The van der Waals surface area contributed by atoms with Gasteiger partial charge in [0.15, 0.2) is 0 Å². The number of non-ortho nitro benzene ring substituents is 1. The van der Waals surface area contributed by atoms with Crippen molar-refractivity contribution in [3.05, 3.63) is 62.0 Å². The van der Waals surface area contributed by atoms with Gasteiger partial charge in [0.2, 0.25) is 0 Å². The van der Waals surface area contributed by atoms with Gasteiger partial charge >= 0.3 is 0 Å². The Hall–Kier alpha value is -2.14. The summed E-state index contributed by atoms with van der Waals surface area (Å²) in [5.41, 5.74) is 0.655. The Balaban J connectivity index is 2.50. The van der Waals surface area contributed by atoms with Crippen LogP contribution in [0.2, 0.25) is 5.02 Å². The SMILES string of the molecule is O=c1[nH]cc(Cl)cc1-c1ccc([N+](=O)[O-])cc1. The minimum absolute atomic E-state index is 0.0211. The monoisotopic (exact) mass is 250 g/mol. The number of hydrogen-bond acceptors (Lipinski definition) is 3. The molecule has 0 aliphatic heterocycles. The Morgan fingerprint density at radius 3 is 2.47 bits per heavy atom. The summed E-state index contributed by atoms with van der Waals surface area (Å²) in [5.74, 6) is 0. The lowest BCUT2D eigenvalue weighted by Crippen LogP contribution is -2.07. The van der Waals surface area contributed by atoms with Crippen molar-refractivity contribution in [1.82, 2.24) is 4.98 Å². The third-order valence-electron chi connectivity index (χ3n) is 2.26. The van der Waals surface area contributed by atoms with E-state index in [2.05, 4.69) is 4.98 Å². The molecule has 0 spiro atoms. The molecular formula is C11H7ClN2O3. The molecular weight excluding hydrogens is 244 g/mol. The lowest BCUT2D eigenvalue weighted by atomic mass is 10.1. The maximum Gasteiger partial charge on any atom is 0.269 e. The van der Waals surface area contributed by atoms with Gasteiger partial charge in [-0.1, -0.05) is 11.6 Å². The van der Waals surface area contributed by atoms with E-state index in [1.54, 1.807) is 0 Å². The van der Waals surface area contributed by atoms with Gasteiger partial charge in [-0.2, -0.15) is 0 Å². The van der Waals surface area contributed by atoms with E-state index in [1.807, 2.05) is 0 Å². The Kier molecular flexibility index (Phi) is 2.93. The Labute approximate surface area is 101 Å². The molecule has 2 aromatic rings. The number of nitrogens with one attached hydrogen (secondary N) is 1. The third-order valence-corrected chi connectivity index (χ3v) is 2.48. The fourth-order valence-corrected chi connectivity index (χ4v) is 1.60. The van der Waals surface area contributed by atoms with E-state index in [4.69, 9.17) is 11.6 Å². The average Bonchev–Trinajstić information content (AvgIpc) is 2.32. The van der Waals surface area contributed by atoms with E-state index in [1.165, 1.54) is 36.5 Å². The molecule has 6 heteroatoms. The molecule has 17 heavy (non-hydrogen) atoms. The maximum absolute atomic E-state index is 11.5. The van der Waals surface area contributed by atoms with Crippen molar-refractivity contribution >= 4 is 17.3 Å². The number of nitro benzene ring substituents is 1. The second-order valence-corrected chi connectivity index (χ2v) is 3.80. The predicted molar refractivity (Wildman–Crippen MR) is 64.2 cm³/mol. The Morgan fingerprint density at radius 2 is 1.88 bits per heavy atom. The van der Waals surface area contributed by atoms with Gasteiger partial charge in [-0.25, -0.2) is 0 Å². The number of halogens is 1. The van der Waals surface area contributed by atoms with Gasteiger partial charge in [-0.15, -0.1) is 0 Å². The van der Waals surface area contributed by atoms with Crippen LogP contribution in [0.1, 0.15) is 0 Å². The van der Waals surface area contributed by atoms with Crippen molar-refractivity contribution in [2.45, 2.75) is 0 Å². The molecule has 0 fully saturated rings. The molecule has 2 rings (SSSR count). The molecule has 0 bridgehead atoms. The average molecular weight is 251 g/mol. The van der Waals surface area contributed by atoms with E-state index in [0.717, 1.165) is 0 Å². The largest absolute Gasteiger partial charge is 0.327 e. The standard InChI is InChI=1S/C11H7ClN2O3/c12-8-5-10(11(15)13-6-8)7-1-3-9(4-2-7)14(16)17/h1-6H,(H,13,15). The minimum atomic E-state index is -0.494. The van der Waals surface area contributed by atoms with E-state index in [-0.39, 0.29) is 11.2 Å². The predicted octanol–water partition coefficient (Wildman–Crippen LogP) is 2.60. The molecule has 0 aliphatic rings. The Bertz CT molecular complexity index is 619. The number of aromatic nitrogens is 1. The van der Waals surface area contributed by atoms with Crippen LogP contribution in [0.15, 0.2) is 41.3 Å². The topological polar surface area (TPSA) is 76.0 Å². The van der Waals surface area contributed by atoms with E-state index >= 15 is 0 Å². The van der Waals surface area contributed by atoms with E-state index in [9.17, 15) is 14.9 Å². The molecule has 1 aromatic carbocycles. The van der Waals surface area contributed by atoms with Gasteiger partial charge in [0.05, 0.1) is 9.95 Å². The van der Waals surface area contributed by atoms with Crippen molar-refractivity contribution in [2.24, 2.45) is 0 Å². The zero-order valence-corrected chi connectivity index (χ0v) is 9.27. The fraction of sp³-hybridized carbons (Fsp3) is 0. The highest BCUT2D eigenvalue weighted by atomic mass is 35.5. The van der Waals surface area contributed by atoms with Gasteiger partial charge in [0.25, 0.3) is 11.2 Å². The van der Waals surface area contributed by atoms with Crippen LogP contribution in [-0.4, -0.2) is 9.91 Å². The first-order valence-electron chi connectivity index (χ1n) is 4.71. The molecule has 0 unspecified atom stereocenters. The third kappa shape index (κ3) is 2.34. The molecule has 0 saturated carbocycles. The summed E-state index contributed by atoms with van der Waals surface area (Å²) in [6.45, 7) is 0.